The third kappa shape index (κ3) is 2.34. The summed E-state index contributed by atoms with van der Waals surface area (Å²) in [6.07, 6.45) is 5.26. The zero-order valence-corrected chi connectivity index (χ0v) is 11.2. The van der Waals surface area contributed by atoms with Gasteiger partial charge in [-0.3, -0.25) is 10.1 Å². The molecule has 2 bridgehead atoms. The highest BCUT2D eigenvalue weighted by atomic mass is 16.6. The lowest BCUT2D eigenvalue weighted by atomic mass is 9.89. The van der Waals surface area contributed by atoms with Crippen LogP contribution in [0.4, 0.5) is 11.4 Å². The second-order valence-electron chi connectivity index (χ2n) is 5.92. The van der Waals surface area contributed by atoms with Crippen LogP contribution in [0.5, 0.6) is 0 Å². The molecule has 2 fully saturated rings. The van der Waals surface area contributed by atoms with Gasteiger partial charge in [0.05, 0.1) is 16.6 Å². The van der Waals surface area contributed by atoms with E-state index >= 15 is 0 Å². The van der Waals surface area contributed by atoms with Crippen molar-refractivity contribution < 1.29 is 4.92 Å². The molecule has 0 heterocycles. The van der Waals surface area contributed by atoms with Gasteiger partial charge < -0.3 is 5.32 Å². The first-order valence-electron chi connectivity index (χ1n) is 7.10. The normalized spacial score (nSPS) is 27.2. The number of benzene rings is 1. The minimum atomic E-state index is -0.427. The van der Waals surface area contributed by atoms with Gasteiger partial charge in [-0.15, -0.1) is 0 Å². The van der Waals surface area contributed by atoms with Crippen molar-refractivity contribution in [2.75, 3.05) is 11.9 Å². The van der Waals surface area contributed by atoms with Crippen LogP contribution in [0.1, 0.15) is 31.2 Å². The SMILES string of the molecule is N#Cc1ccc(NC[C@@H]2C[C@H]3CC[C@H]2C3)c([N+](=O)[O-])c1. The van der Waals surface area contributed by atoms with E-state index in [-0.39, 0.29) is 5.69 Å². The van der Waals surface area contributed by atoms with Crippen LogP contribution in [0.2, 0.25) is 0 Å². The monoisotopic (exact) mass is 271 g/mol. The Labute approximate surface area is 117 Å². The summed E-state index contributed by atoms with van der Waals surface area (Å²) >= 11 is 0. The fourth-order valence-corrected chi connectivity index (χ4v) is 3.77. The van der Waals surface area contributed by atoms with Crippen LogP contribution < -0.4 is 5.32 Å². The molecule has 3 atom stereocenters. The molecule has 20 heavy (non-hydrogen) atoms. The van der Waals surface area contributed by atoms with E-state index in [0.717, 1.165) is 18.4 Å². The standard InChI is InChI=1S/C15H17N3O2/c16-8-11-2-4-14(15(7-11)18(19)20)17-9-13-6-10-1-3-12(13)5-10/h2,4,7,10,12-13,17H,1,3,5-6,9H2/t10-,12-,13-/m0/s1. The van der Waals surface area contributed by atoms with E-state index < -0.39 is 4.92 Å². The Morgan fingerprint density at radius 1 is 1.40 bits per heavy atom. The van der Waals surface area contributed by atoms with E-state index in [0.29, 0.717) is 17.2 Å². The molecule has 0 radical (unpaired) electrons. The van der Waals surface area contributed by atoms with Crippen LogP contribution in [-0.4, -0.2) is 11.5 Å². The van der Waals surface area contributed by atoms with Crippen molar-refractivity contribution in [2.45, 2.75) is 25.7 Å². The predicted octanol–water partition coefficient (Wildman–Crippen LogP) is 3.31. The summed E-state index contributed by atoms with van der Waals surface area (Å²) in [5.74, 6) is 2.32. The molecule has 5 heteroatoms. The summed E-state index contributed by atoms with van der Waals surface area (Å²) < 4.78 is 0. The summed E-state index contributed by atoms with van der Waals surface area (Å²) in [4.78, 5) is 10.6. The predicted molar refractivity (Wildman–Crippen MR) is 75.2 cm³/mol. The summed E-state index contributed by atoms with van der Waals surface area (Å²) in [5.41, 5.74) is 0.839. The number of rotatable bonds is 4. The average molecular weight is 271 g/mol. The Bertz CT molecular complexity index is 579. The molecule has 0 aromatic heterocycles. The van der Waals surface area contributed by atoms with Gasteiger partial charge in [0.25, 0.3) is 5.69 Å². The maximum atomic E-state index is 11.1. The number of hydrogen-bond donors (Lipinski definition) is 1. The van der Waals surface area contributed by atoms with E-state index in [1.54, 1.807) is 12.1 Å². The van der Waals surface area contributed by atoms with Crippen molar-refractivity contribution >= 4 is 11.4 Å². The topological polar surface area (TPSA) is 79.0 Å². The smallest absolute Gasteiger partial charge is 0.293 e. The molecule has 2 aliphatic rings. The van der Waals surface area contributed by atoms with Crippen molar-refractivity contribution in [1.82, 2.24) is 0 Å². The number of nitro groups is 1. The molecule has 0 amide bonds. The number of nitriles is 1. The fraction of sp³-hybridized carbons (Fsp3) is 0.533. The number of hydrogen-bond acceptors (Lipinski definition) is 4. The highest BCUT2D eigenvalue weighted by Crippen LogP contribution is 2.48. The van der Waals surface area contributed by atoms with Crippen LogP contribution in [0, 0.1) is 39.2 Å². The molecule has 1 N–H and O–H groups in total. The Morgan fingerprint density at radius 3 is 2.85 bits per heavy atom. The maximum Gasteiger partial charge on any atom is 0.293 e. The quantitative estimate of drug-likeness (QED) is 0.673. The Morgan fingerprint density at radius 2 is 2.25 bits per heavy atom. The second-order valence-corrected chi connectivity index (χ2v) is 5.92. The molecular formula is C15H17N3O2. The molecular weight excluding hydrogens is 254 g/mol. The number of nitrogens with zero attached hydrogens (tertiary/aromatic N) is 2. The highest BCUT2D eigenvalue weighted by molar-refractivity contribution is 5.64. The number of nitro benzene ring substituents is 1. The van der Waals surface area contributed by atoms with Crippen molar-refractivity contribution in [1.29, 1.82) is 5.26 Å². The van der Waals surface area contributed by atoms with Gasteiger partial charge in [-0.2, -0.15) is 5.26 Å². The molecule has 0 unspecified atom stereocenters. The molecule has 104 valence electrons. The lowest BCUT2D eigenvalue weighted by Crippen LogP contribution is -2.20. The average Bonchev–Trinajstić information content (AvgIpc) is 3.07. The van der Waals surface area contributed by atoms with E-state index in [2.05, 4.69) is 5.32 Å². The molecule has 0 spiro atoms. The Hall–Kier alpha value is -2.09. The number of fused-ring (bicyclic) bond motifs is 2. The molecule has 5 nitrogen and oxygen atoms in total. The zero-order valence-electron chi connectivity index (χ0n) is 11.2. The van der Waals surface area contributed by atoms with Crippen molar-refractivity contribution in [3.63, 3.8) is 0 Å². The lowest BCUT2D eigenvalue weighted by molar-refractivity contribution is -0.384. The fourth-order valence-electron chi connectivity index (χ4n) is 3.77. The van der Waals surface area contributed by atoms with Crippen molar-refractivity contribution in [3.05, 3.63) is 33.9 Å². The van der Waals surface area contributed by atoms with Gasteiger partial charge in [-0.05, 0) is 49.1 Å². The number of nitrogens with one attached hydrogen (secondary N) is 1. The first kappa shape index (κ1) is 12.9. The van der Waals surface area contributed by atoms with E-state index in [4.69, 9.17) is 5.26 Å². The van der Waals surface area contributed by atoms with Gasteiger partial charge >= 0.3 is 0 Å². The molecule has 0 aliphatic heterocycles. The molecule has 2 saturated carbocycles. The molecule has 2 aliphatic carbocycles. The molecule has 3 rings (SSSR count). The highest BCUT2D eigenvalue weighted by Gasteiger charge is 2.39. The third-order valence-corrected chi connectivity index (χ3v) is 4.76. The summed E-state index contributed by atoms with van der Waals surface area (Å²) in [6.45, 7) is 0.800. The van der Waals surface area contributed by atoms with E-state index in [1.165, 1.54) is 31.7 Å². The van der Waals surface area contributed by atoms with Gasteiger partial charge in [0.2, 0.25) is 0 Å². The molecule has 1 aromatic rings. The maximum absolute atomic E-state index is 11.1. The molecule has 1 aromatic carbocycles. The second kappa shape index (κ2) is 5.12. The summed E-state index contributed by atoms with van der Waals surface area (Å²) in [6, 6.07) is 6.54. The van der Waals surface area contributed by atoms with Gasteiger partial charge in [-0.25, -0.2) is 0 Å². The Balaban J connectivity index is 1.71. The van der Waals surface area contributed by atoms with Crippen LogP contribution in [0.25, 0.3) is 0 Å². The van der Waals surface area contributed by atoms with Gasteiger partial charge in [0, 0.05) is 12.6 Å². The van der Waals surface area contributed by atoms with Gasteiger partial charge in [0.1, 0.15) is 5.69 Å². The van der Waals surface area contributed by atoms with Gasteiger partial charge in [0.15, 0.2) is 0 Å². The molecule has 0 saturated heterocycles. The largest absolute Gasteiger partial charge is 0.379 e. The number of anilines is 1. The van der Waals surface area contributed by atoms with E-state index in [9.17, 15) is 10.1 Å². The van der Waals surface area contributed by atoms with Crippen LogP contribution >= 0.6 is 0 Å². The van der Waals surface area contributed by atoms with Crippen molar-refractivity contribution in [3.8, 4) is 6.07 Å². The summed E-state index contributed by atoms with van der Waals surface area (Å²) in [5, 5.41) is 23.1. The zero-order chi connectivity index (χ0) is 14.1. The first-order chi connectivity index (χ1) is 9.67. The van der Waals surface area contributed by atoms with Crippen LogP contribution in [-0.2, 0) is 0 Å². The van der Waals surface area contributed by atoms with Gasteiger partial charge in [-0.1, -0.05) is 6.42 Å². The minimum Gasteiger partial charge on any atom is -0.379 e. The lowest BCUT2D eigenvalue weighted by Gasteiger charge is -2.22. The van der Waals surface area contributed by atoms with Crippen LogP contribution in [0.15, 0.2) is 18.2 Å². The first-order valence-corrected chi connectivity index (χ1v) is 7.10. The van der Waals surface area contributed by atoms with Crippen LogP contribution in [0.3, 0.4) is 0 Å². The van der Waals surface area contributed by atoms with E-state index in [1.807, 2.05) is 6.07 Å². The Kier molecular flexibility index (Phi) is 3.31. The minimum absolute atomic E-state index is 0.00722. The summed E-state index contributed by atoms with van der Waals surface area (Å²) in [7, 11) is 0. The van der Waals surface area contributed by atoms with Crippen molar-refractivity contribution in [2.24, 2.45) is 17.8 Å². The third-order valence-electron chi connectivity index (χ3n) is 4.76.